The second kappa shape index (κ2) is 10.3. The third-order valence-electron chi connectivity index (χ3n) is 3.50. The summed E-state index contributed by atoms with van der Waals surface area (Å²) in [5, 5.41) is 9.68. The maximum absolute atomic E-state index is 12.2. The Bertz CT molecular complexity index is 610. The molecule has 0 saturated carbocycles. The van der Waals surface area contributed by atoms with Gasteiger partial charge in [-0.1, -0.05) is 41.5 Å². The van der Waals surface area contributed by atoms with E-state index in [-0.39, 0.29) is 11.5 Å². The molecule has 2 heterocycles. The van der Waals surface area contributed by atoms with Crippen LogP contribution in [0.15, 0.2) is 12.4 Å². The van der Waals surface area contributed by atoms with Gasteiger partial charge in [-0.2, -0.15) is 23.4 Å². The third kappa shape index (κ3) is 6.92. The number of halogens is 3. The van der Waals surface area contributed by atoms with Crippen LogP contribution in [0, 0.1) is 6.92 Å². The van der Waals surface area contributed by atoms with Crippen molar-refractivity contribution < 1.29 is 13.2 Å². The quantitative estimate of drug-likeness (QED) is 0.739. The zero-order valence-electron chi connectivity index (χ0n) is 16.5. The SMILES string of the molecule is CC.CC(C)c1cn[nH]c1C(F)(F)F.CCn1cc(C(C)C)c(C)n1. The van der Waals surface area contributed by atoms with Crippen molar-refractivity contribution in [3.8, 4) is 0 Å². The van der Waals surface area contributed by atoms with Crippen molar-refractivity contribution in [2.45, 2.75) is 79.9 Å². The first-order chi connectivity index (χ1) is 11.6. The molecule has 2 aromatic rings. The first-order valence-corrected chi connectivity index (χ1v) is 8.72. The van der Waals surface area contributed by atoms with Crippen molar-refractivity contribution in [2.24, 2.45) is 0 Å². The van der Waals surface area contributed by atoms with Gasteiger partial charge in [-0.25, -0.2) is 0 Å². The molecule has 144 valence electrons. The molecule has 0 aromatic carbocycles. The Hall–Kier alpha value is -1.79. The number of nitrogens with one attached hydrogen (secondary N) is 1. The topological polar surface area (TPSA) is 46.5 Å². The average molecular weight is 360 g/mol. The molecule has 4 nitrogen and oxygen atoms in total. The molecule has 1 N–H and O–H groups in total. The minimum atomic E-state index is -4.32. The number of aromatic amines is 1. The molecule has 0 unspecified atom stereocenters. The van der Waals surface area contributed by atoms with E-state index in [1.54, 1.807) is 13.8 Å². The van der Waals surface area contributed by atoms with E-state index in [1.807, 2.05) is 23.6 Å². The molecule has 0 spiro atoms. The van der Waals surface area contributed by atoms with Crippen molar-refractivity contribution in [1.29, 1.82) is 0 Å². The molecule has 0 amide bonds. The van der Waals surface area contributed by atoms with Crippen LogP contribution in [0.5, 0.6) is 0 Å². The Morgan fingerprint density at radius 2 is 1.60 bits per heavy atom. The van der Waals surface area contributed by atoms with Crippen molar-refractivity contribution in [3.05, 3.63) is 34.9 Å². The average Bonchev–Trinajstić information content (AvgIpc) is 3.15. The molecule has 2 rings (SSSR count). The maximum Gasteiger partial charge on any atom is 0.433 e. The number of aromatic nitrogens is 4. The fraction of sp³-hybridized carbons (Fsp3) is 0.667. The standard InChI is InChI=1S/C9H16N2.C7H9F3N2.C2H6/c1-5-11-6-9(7(2)3)8(4)10-11;1-4(2)5-3-11-12-6(5)7(8,9)10;1-2/h6-7H,5H2,1-4H3;3-4H,1-2H3,(H,11,12);1-2H3. The molecule has 0 aliphatic rings. The predicted octanol–water partition coefficient (Wildman–Crippen LogP) is 5.91. The smallest absolute Gasteiger partial charge is 0.273 e. The molecule has 0 aliphatic carbocycles. The van der Waals surface area contributed by atoms with E-state index >= 15 is 0 Å². The van der Waals surface area contributed by atoms with Gasteiger partial charge in [0.05, 0.1) is 11.9 Å². The Morgan fingerprint density at radius 1 is 1.08 bits per heavy atom. The zero-order valence-corrected chi connectivity index (χ0v) is 16.5. The van der Waals surface area contributed by atoms with Gasteiger partial charge < -0.3 is 0 Å². The van der Waals surface area contributed by atoms with Crippen LogP contribution in [-0.4, -0.2) is 20.0 Å². The van der Waals surface area contributed by atoms with Crippen LogP contribution in [0.2, 0.25) is 0 Å². The number of hydrogen-bond acceptors (Lipinski definition) is 2. The summed E-state index contributed by atoms with van der Waals surface area (Å²) in [6.45, 7) is 16.9. The molecule has 0 atom stereocenters. The molecular formula is C18H31F3N4. The zero-order chi connectivity index (χ0) is 19.8. The predicted molar refractivity (Wildman–Crippen MR) is 95.8 cm³/mol. The minimum absolute atomic E-state index is 0.166. The third-order valence-corrected chi connectivity index (χ3v) is 3.50. The molecule has 7 heteroatoms. The van der Waals surface area contributed by atoms with Crippen LogP contribution in [0.25, 0.3) is 0 Å². The Morgan fingerprint density at radius 3 is 1.88 bits per heavy atom. The highest BCUT2D eigenvalue weighted by Crippen LogP contribution is 2.32. The maximum atomic E-state index is 12.2. The summed E-state index contributed by atoms with van der Waals surface area (Å²) in [7, 11) is 0. The van der Waals surface area contributed by atoms with Gasteiger partial charge in [0, 0.05) is 18.3 Å². The van der Waals surface area contributed by atoms with Gasteiger partial charge in [-0.05, 0) is 31.2 Å². The lowest BCUT2D eigenvalue weighted by Gasteiger charge is -2.08. The molecule has 0 fully saturated rings. The Kier molecular flexibility index (Phi) is 9.52. The lowest BCUT2D eigenvalue weighted by atomic mass is 10.0. The first-order valence-electron chi connectivity index (χ1n) is 8.72. The molecular weight excluding hydrogens is 329 g/mol. The van der Waals surface area contributed by atoms with Crippen molar-refractivity contribution in [1.82, 2.24) is 20.0 Å². The highest BCUT2D eigenvalue weighted by Gasteiger charge is 2.35. The molecule has 25 heavy (non-hydrogen) atoms. The number of rotatable bonds is 3. The van der Waals surface area contributed by atoms with Crippen LogP contribution in [0.1, 0.15) is 82.8 Å². The van der Waals surface area contributed by atoms with Crippen molar-refractivity contribution in [3.63, 3.8) is 0 Å². The number of nitrogens with zero attached hydrogens (tertiary/aromatic N) is 3. The normalized spacial score (nSPS) is 11.1. The van der Waals surface area contributed by atoms with Gasteiger partial charge in [0.15, 0.2) is 0 Å². The molecule has 0 aliphatic heterocycles. The number of H-pyrrole nitrogens is 1. The summed E-state index contributed by atoms with van der Waals surface area (Å²) >= 11 is 0. The van der Waals surface area contributed by atoms with Gasteiger partial charge in [0.1, 0.15) is 5.69 Å². The van der Waals surface area contributed by atoms with E-state index in [4.69, 9.17) is 0 Å². The second-order valence-electron chi connectivity index (χ2n) is 6.03. The van der Waals surface area contributed by atoms with Crippen LogP contribution >= 0.6 is 0 Å². The summed E-state index contributed by atoms with van der Waals surface area (Å²) in [6, 6.07) is 0. The number of alkyl halides is 3. The lowest BCUT2D eigenvalue weighted by molar-refractivity contribution is -0.141. The van der Waals surface area contributed by atoms with Gasteiger partial charge in [-0.15, -0.1) is 0 Å². The Balaban J connectivity index is 0.000000421. The largest absolute Gasteiger partial charge is 0.433 e. The molecule has 0 radical (unpaired) electrons. The van der Waals surface area contributed by atoms with Gasteiger partial charge in [-0.3, -0.25) is 9.78 Å². The molecule has 0 bridgehead atoms. The van der Waals surface area contributed by atoms with E-state index in [2.05, 4.69) is 44.1 Å². The van der Waals surface area contributed by atoms with Gasteiger partial charge in [0.2, 0.25) is 0 Å². The van der Waals surface area contributed by atoms with E-state index in [0.717, 1.165) is 6.54 Å². The summed E-state index contributed by atoms with van der Waals surface area (Å²) in [4.78, 5) is 0. The summed E-state index contributed by atoms with van der Waals surface area (Å²) in [6.07, 6.45) is -0.969. The second-order valence-corrected chi connectivity index (χ2v) is 6.03. The minimum Gasteiger partial charge on any atom is -0.273 e. The van der Waals surface area contributed by atoms with E-state index in [1.165, 1.54) is 17.5 Å². The summed E-state index contributed by atoms with van der Waals surface area (Å²) in [5.41, 5.74) is 2.01. The highest BCUT2D eigenvalue weighted by atomic mass is 19.4. The van der Waals surface area contributed by atoms with Crippen molar-refractivity contribution in [2.75, 3.05) is 0 Å². The van der Waals surface area contributed by atoms with Gasteiger partial charge in [0.25, 0.3) is 0 Å². The van der Waals surface area contributed by atoms with E-state index in [0.29, 0.717) is 5.92 Å². The highest BCUT2D eigenvalue weighted by molar-refractivity contribution is 5.22. The first kappa shape index (κ1) is 23.2. The monoisotopic (exact) mass is 360 g/mol. The molecule has 2 aromatic heterocycles. The lowest BCUT2D eigenvalue weighted by Crippen LogP contribution is -2.09. The van der Waals surface area contributed by atoms with Crippen LogP contribution < -0.4 is 0 Å². The number of hydrogen-bond donors (Lipinski definition) is 1. The van der Waals surface area contributed by atoms with E-state index < -0.39 is 11.9 Å². The van der Waals surface area contributed by atoms with E-state index in [9.17, 15) is 13.2 Å². The van der Waals surface area contributed by atoms with Gasteiger partial charge >= 0.3 is 6.18 Å². The van der Waals surface area contributed by atoms with Crippen LogP contribution in [0.3, 0.4) is 0 Å². The molecule has 0 saturated heterocycles. The fourth-order valence-corrected chi connectivity index (χ4v) is 2.22. The van der Waals surface area contributed by atoms with Crippen LogP contribution in [-0.2, 0) is 12.7 Å². The summed E-state index contributed by atoms with van der Waals surface area (Å²) < 4.78 is 38.5. The van der Waals surface area contributed by atoms with Crippen molar-refractivity contribution >= 4 is 0 Å². The van der Waals surface area contributed by atoms with Crippen LogP contribution in [0.4, 0.5) is 13.2 Å². The number of aryl methyl sites for hydroxylation is 2. The summed E-state index contributed by atoms with van der Waals surface area (Å²) in [5.74, 6) is 0.427. The fourth-order valence-electron chi connectivity index (χ4n) is 2.22. The Labute approximate surface area is 148 Å².